The summed E-state index contributed by atoms with van der Waals surface area (Å²) in [6.07, 6.45) is 1.97. The topological polar surface area (TPSA) is 108 Å². The fraction of sp³-hybridized carbons (Fsp3) is 0.533. The molecule has 0 saturated carbocycles. The molecule has 3 heterocycles. The molecular formula is C15H19N5O4. The number of amides is 1. The van der Waals surface area contributed by atoms with Crippen molar-refractivity contribution in [1.82, 2.24) is 24.9 Å². The number of nitrogens with one attached hydrogen (secondary N) is 1. The van der Waals surface area contributed by atoms with E-state index in [1.807, 2.05) is 19.9 Å². The Morgan fingerprint density at radius 1 is 1.42 bits per heavy atom. The maximum absolute atomic E-state index is 12.0. The predicted octanol–water partition coefficient (Wildman–Crippen LogP) is 0.193. The number of hydrogen-bond donors (Lipinski definition) is 1. The van der Waals surface area contributed by atoms with Crippen molar-refractivity contribution in [3.05, 3.63) is 23.3 Å². The average Bonchev–Trinajstić information content (AvgIpc) is 3.19. The van der Waals surface area contributed by atoms with Gasteiger partial charge in [-0.1, -0.05) is 0 Å². The van der Waals surface area contributed by atoms with E-state index in [4.69, 9.17) is 9.47 Å². The summed E-state index contributed by atoms with van der Waals surface area (Å²) < 4.78 is 11.8. The molecule has 1 fully saturated rings. The second-order valence-electron chi connectivity index (χ2n) is 5.70. The number of carbonyl (C=O) groups is 2. The summed E-state index contributed by atoms with van der Waals surface area (Å²) in [7, 11) is 0. The highest BCUT2D eigenvalue weighted by Crippen LogP contribution is 2.10. The van der Waals surface area contributed by atoms with Gasteiger partial charge in [-0.2, -0.15) is 4.98 Å². The fourth-order valence-electron chi connectivity index (χ4n) is 2.53. The zero-order chi connectivity index (χ0) is 17.1. The van der Waals surface area contributed by atoms with Gasteiger partial charge in [0.05, 0.1) is 6.10 Å². The van der Waals surface area contributed by atoms with Crippen LogP contribution in [-0.2, 0) is 14.3 Å². The van der Waals surface area contributed by atoms with Gasteiger partial charge >= 0.3 is 5.97 Å². The van der Waals surface area contributed by atoms with Gasteiger partial charge in [0, 0.05) is 24.5 Å². The highest BCUT2D eigenvalue weighted by atomic mass is 16.5. The molecule has 0 aliphatic carbocycles. The summed E-state index contributed by atoms with van der Waals surface area (Å²) in [5.41, 5.74) is 1.58. The van der Waals surface area contributed by atoms with E-state index < -0.39 is 5.97 Å². The second kappa shape index (κ2) is 6.91. The van der Waals surface area contributed by atoms with Crippen LogP contribution in [-0.4, -0.2) is 57.3 Å². The second-order valence-corrected chi connectivity index (χ2v) is 5.70. The third-order valence-electron chi connectivity index (χ3n) is 3.69. The van der Waals surface area contributed by atoms with Crippen molar-refractivity contribution < 1.29 is 19.1 Å². The molecule has 2 aromatic rings. The van der Waals surface area contributed by atoms with E-state index in [1.165, 1.54) is 4.52 Å². The number of ether oxygens (including phenoxy) is 2. The molecule has 3 rings (SSSR count). The van der Waals surface area contributed by atoms with Crippen molar-refractivity contribution in [2.24, 2.45) is 0 Å². The first kappa shape index (κ1) is 16.3. The van der Waals surface area contributed by atoms with E-state index in [2.05, 4.69) is 20.4 Å². The Hall–Kier alpha value is -2.55. The summed E-state index contributed by atoms with van der Waals surface area (Å²) in [6.45, 7) is 4.43. The fourth-order valence-corrected chi connectivity index (χ4v) is 2.53. The number of fused-ring (bicyclic) bond motifs is 1. The zero-order valence-electron chi connectivity index (χ0n) is 13.6. The summed E-state index contributed by atoms with van der Waals surface area (Å²) in [5.74, 6) is -0.942. The third kappa shape index (κ3) is 3.67. The molecule has 0 radical (unpaired) electrons. The SMILES string of the molecule is Cc1cc(C)n2nc(C(=O)OCC(=O)NC[C@@H]3CCCO3)nc2n1. The Balaban J connectivity index is 1.54. The molecule has 0 spiro atoms. The molecule has 1 saturated heterocycles. The van der Waals surface area contributed by atoms with E-state index >= 15 is 0 Å². The van der Waals surface area contributed by atoms with Crippen molar-refractivity contribution in [2.45, 2.75) is 32.8 Å². The number of carbonyl (C=O) groups excluding carboxylic acids is 2. The smallest absolute Gasteiger partial charge is 0.378 e. The van der Waals surface area contributed by atoms with E-state index in [0.717, 1.165) is 30.8 Å². The zero-order valence-corrected chi connectivity index (χ0v) is 13.6. The van der Waals surface area contributed by atoms with Crippen LogP contribution in [0.4, 0.5) is 0 Å². The minimum atomic E-state index is -0.759. The molecule has 9 heteroatoms. The first-order valence-corrected chi connectivity index (χ1v) is 7.79. The first-order chi connectivity index (χ1) is 11.5. The quantitative estimate of drug-likeness (QED) is 0.778. The number of aryl methyl sites for hydroxylation is 2. The Bertz CT molecular complexity index is 767. The van der Waals surface area contributed by atoms with Crippen LogP contribution in [0.5, 0.6) is 0 Å². The molecule has 1 N–H and O–H groups in total. The van der Waals surface area contributed by atoms with Gasteiger partial charge in [0.1, 0.15) is 0 Å². The molecule has 0 bridgehead atoms. The third-order valence-corrected chi connectivity index (χ3v) is 3.69. The lowest BCUT2D eigenvalue weighted by Crippen LogP contribution is -2.34. The Morgan fingerprint density at radius 3 is 3.00 bits per heavy atom. The van der Waals surface area contributed by atoms with E-state index in [9.17, 15) is 9.59 Å². The number of nitrogens with zero attached hydrogens (tertiary/aromatic N) is 4. The van der Waals surface area contributed by atoms with Gasteiger partial charge in [-0.05, 0) is 32.8 Å². The standard InChI is InChI=1S/C15H19N5O4/c1-9-6-10(2)20-15(17-9)18-13(19-20)14(22)24-8-12(21)16-7-11-4-3-5-23-11/h6,11H,3-5,7-8H2,1-2H3,(H,16,21)/t11-/m0/s1. The monoisotopic (exact) mass is 333 g/mol. The lowest BCUT2D eigenvalue weighted by atomic mass is 10.2. The molecule has 0 aromatic carbocycles. The largest absolute Gasteiger partial charge is 0.450 e. The van der Waals surface area contributed by atoms with Crippen molar-refractivity contribution >= 4 is 17.7 Å². The summed E-state index contributed by atoms with van der Waals surface area (Å²) in [4.78, 5) is 31.9. The molecule has 1 atom stereocenters. The van der Waals surface area contributed by atoms with E-state index in [0.29, 0.717) is 12.3 Å². The van der Waals surface area contributed by atoms with Gasteiger partial charge in [0.2, 0.25) is 0 Å². The van der Waals surface area contributed by atoms with Crippen LogP contribution in [0.3, 0.4) is 0 Å². The highest BCUT2D eigenvalue weighted by molar-refractivity contribution is 5.88. The van der Waals surface area contributed by atoms with Gasteiger partial charge in [0.15, 0.2) is 6.61 Å². The summed E-state index contributed by atoms with van der Waals surface area (Å²) >= 11 is 0. The Labute approximate surface area is 138 Å². The Morgan fingerprint density at radius 2 is 2.25 bits per heavy atom. The average molecular weight is 333 g/mol. The molecule has 1 amide bonds. The van der Waals surface area contributed by atoms with Crippen molar-refractivity contribution in [3.63, 3.8) is 0 Å². The molecule has 128 valence electrons. The van der Waals surface area contributed by atoms with Crippen LogP contribution in [0.2, 0.25) is 0 Å². The van der Waals surface area contributed by atoms with E-state index in [1.54, 1.807) is 0 Å². The predicted molar refractivity (Wildman–Crippen MR) is 82.5 cm³/mol. The number of aromatic nitrogens is 4. The van der Waals surface area contributed by atoms with Crippen LogP contribution in [0, 0.1) is 13.8 Å². The van der Waals surface area contributed by atoms with Gasteiger partial charge in [-0.3, -0.25) is 4.79 Å². The van der Waals surface area contributed by atoms with Gasteiger partial charge in [-0.15, -0.1) is 5.10 Å². The van der Waals surface area contributed by atoms with Crippen LogP contribution in [0.15, 0.2) is 6.07 Å². The van der Waals surface area contributed by atoms with E-state index in [-0.39, 0.29) is 24.4 Å². The van der Waals surface area contributed by atoms with Crippen LogP contribution in [0.25, 0.3) is 5.78 Å². The van der Waals surface area contributed by atoms with Crippen LogP contribution < -0.4 is 5.32 Å². The molecule has 2 aromatic heterocycles. The molecular weight excluding hydrogens is 314 g/mol. The normalized spacial score (nSPS) is 17.2. The number of hydrogen-bond acceptors (Lipinski definition) is 7. The lowest BCUT2D eigenvalue weighted by Gasteiger charge is -2.10. The van der Waals surface area contributed by atoms with Crippen LogP contribution in [0.1, 0.15) is 34.8 Å². The minimum absolute atomic E-state index is 0.0436. The number of rotatable bonds is 5. The van der Waals surface area contributed by atoms with Crippen molar-refractivity contribution in [1.29, 1.82) is 0 Å². The molecule has 1 aliphatic heterocycles. The summed E-state index contributed by atoms with van der Waals surface area (Å²) in [6, 6.07) is 1.83. The van der Waals surface area contributed by atoms with Gasteiger partial charge in [0.25, 0.3) is 17.5 Å². The van der Waals surface area contributed by atoms with Crippen molar-refractivity contribution in [3.8, 4) is 0 Å². The van der Waals surface area contributed by atoms with Gasteiger partial charge in [-0.25, -0.2) is 14.3 Å². The summed E-state index contributed by atoms with van der Waals surface area (Å²) in [5, 5.41) is 6.73. The maximum Gasteiger partial charge on any atom is 0.378 e. The molecule has 24 heavy (non-hydrogen) atoms. The Kier molecular flexibility index (Phi) is 4.70. The molecule has 9 nitrogen and oxygen atoms in total. The van der Waals surface area contributed by atoms with Crippen LogP contribution >= 0.6 is 0 Å². The lowest BCUT2D eigenvalue weighted by molar-refractivity contribution is -0.124. The molecule has 1 aliphatic rings. The maximum atomic E-state index is 12.0. The molecule has 0 unspecified atom stereocenters. The van der Waals surface area contributed by atoms with Crippen molar-refractivity contribution in [2.75, 3.05) is 19.8 Å². The first-order valence-electron chi connectivity index (χ1n) is 7.79. The van der Waals surface area contributed by atoms with Gasteiger partial charge < -0.3 is 14.8 Å². The minimum Gasteiger partial charge on any atom is -0.450 e. The number of esters is 1. The highest BCUT2D eigenvalue weighted by Gasteiger charge is 2.19.